The number of benzene rings is 1. The lowest BCUT2D eigenvalue weighted by molar-refractivity contribution is -0.131. The summed E-state index contributed by atoms with van der Waals surface area (Å²) in [5.74, 6) is 0.431. The third kappa shape index (κ3) is 4.72. The molecule has 0 spiro atoms. The number of rotatable bonds is 5. The van der Waals surface area contributed by atoms with E-state index in [1.54, 1.807) is 4.90 Å². The van der Waals surface area contributed by atoms with E-state index >= 15 is 0 Å². The number of hydrogen-bond donors (Lipinski definition) is 1. The Morgan fingerprint density at radius 2 is 2.04 bits per heavy atom. The van der Waals surface area contributed by atoms with Crippen molar-refractivity contribution >= 4 is 11.8 Å². The number of ether oxygens (including phenoxy) is 1. The highest BCUT2D eigenvalue weighted by molar-refractivity contribution is 5.79. The summed E-state index contributed by atoms with van der Waals surface area (Å²) in [6.07, 6.45) is 1.32. The zero-order valence-electron chi connectivity index (χ0n) is 14.2. The van der Waals surface area contributed by atoms with Gasteiger partial charge in [-0.1, -0.05) is 12.1 Å². The molecule has 24 heavy (non-hydrogen) atoms. The normalized spacial score (nSPS) is 14.8. The molecule has 0 unspecified atom stereocenters. The Kier molecular flexibility index (Phi) is 6.19. The van der Waals surface area contributed by atoms with Crippen LogP contribution in [0.4, 0.5) is 0 Å². The van der Waals surface area contributed by atoms with Crippen LogP contribution in [0, 0.1) is 25.2 Å². The fraction of sp³-hybridized carbons (Fsp3) is 0.500. The van der Waals surface area contributed by atoms with Crippen LogP contribution in [0.1, 0.15) is 30.4 Å². The van der Waals surface area contributed by atoms with Gasteiger partial charge in [0.15, 0.2) is 6.61 Å². The van der Waals surface area contributed by atoms with E-state index in [1.165, 1.54) is 0 Å². The largest absolute Gasteiger partial charge is 0.483 e. The van der Waals surface area contributed by atoms with Gasteiger partial charge in [-0.05, 0) is 43.9 Å². The Balaban J connectivity index is 1.75. The van der Waals surface area contributed by atoms with Crippen molar-refractivity contribution in [1.82, 2.24) is 10.2 Å². The van der Waals surface area contributed by atoms with Crippen LogP contribution in [0.5, 0.6) is 5.75 Å². The molecule has 1 aromatic carbocycles. The highest BCUT2D eigenvalue weighted by Gasteiger charge is 2.23. The van der Waals surface area contributed by atoms with Gasteiger partial charge >= 0.3 is 0 Å². The Morgan fingerprint density at radius 3 is 2.71 bits per heavy atom. The van der Waals surface area contributed by atoms with Crippen molar-refractivity contribution in [2.75, 3.05) is 19.7 Å². The van der Waals surface area contributed by atoms with Crippen LogP contribution in [0.25, 0.3) is 0 Å². The summed E-state index contributed by atoms with van der Waals surface area (Å²) in [6.45, 7) is 5.10. The maximum atomic E-state index is 12.0. The van der Waals surface area contributed by atoms with Gasteiger partial charge in [-0.3, -0.25) is 9.59 Å². The molecule has 2 rings (SSSR count). The molecule has 1 heterocycles. The number of nitrogens with zero attached hydrogens (tertiary/aromatic N) is 2. The molecular formula is C18H23N3O3. The van der Waals surface area contributed by atoms with Crippen LogP contribution in [-0.4, -0.2) is 42.5 Å². The lowest BCUT2D eigenvalue weighted by Gasteiger charge is -2.32. The second-order valence-electron chi connectivity index (χ2n) is 6.04. The van der Waals surface area contributed by atoms with E-state index in [0.29, 0.717) is 25.9 Å². The fourth-order valence-corrected chi connectivity index (χ4v) is 2.75. The molecule has 6 heteroatoms. The van der Waals surface area contributed by atoms with Crippen molar-refractivity contribution in [2.45, 2.75) is 39.2 Å². The monoisotopic (exact) mass is 329 g/mol. The summed E-state index contributed by atoms with van der Waals surface area (Å²) in [5.41, 5.74) is 2.16. The fourth-order valence-electron chi connectivity index (χ4n) is 2.75. The Bertz CT molecular complexity index is 643. The molecule has 0 aromatic heterocycles. The standard InChI is InChI=1S/C18H23N3O3/c1-13-4-3-5-16(14(13)2)24-12-17(22)20-15-7-10-21(11-8-15)18(23)6-9-19/h3-5,15H,6-8,10-12H2,1-2H3,(H,20,22). The van der Waals surface area contributed by atoms with Crippen molar-refractivity contribution in [3.63, 3.8) is 0 Å². The van der Waals surface area contributed by atoms with Crippen molar-refractivity contribution in [1.29, 1.82) is 5.26 Å². The van der Waals surface area contributed by atoms with Gasteiger partial charge in [0, 0.05) is 19.1 Å². The number of amides is 2. The van der Waals surface area contributed by atoms with Gasteiger partial charge in [-0.2, -0.15) is 5.26 Å². The molecule has 1 aliphatic heterocycles. The second-order valence-corrected chi connectivity index (χ2v) is 6.04. The van der Waals surface area contributed by atoms with Gasteiger partial charge in [0.25, 0.3) is 5.91 Å². The van der Waals surface area contributed by atoms with Crippen molar-refractivity contribution in [3.05, 3.63) is 29.3 Å². The number of hydrogen-bond acceptors (Lipinski definition) is 4. The summed E-state index contributed by atoms with van der Waals surface area (Å²) in [5, 5.41) is 11.5. The Morgan fingerprint density at radius 1 is 1.33 bits per heavy atom. The zero-order chi connectivity index (χ0) is 17.5. The maximum Gasteiger partial charge on any atom is 0.258 e. The first-order valence-corrected chi connectivity index (χ1v) is 8.14. The van der Waals surface area contributed by atoms with Gasteiger partial charge in [0.2, 0.25) is 5.91 Å². The molecule has 6 nitrogen and oxygen atoms in total. The number of nitriles is 1. The predicted molar refractivity (Wildman–Crippen MR) is 89.4 cm³/mol. The third-order valence-electron chi connectivity index (χ3n) is 4.36. The average molecular weight is 329 g/mol. The van der Waals surface area contributed by atoms with Crippen molar-refractivity contribution < 1.29 is 14.3 Å². The second kappa shape index (κ2) is 8.34. The van der Waals surface area contributed by atoms with E-state index in [9.17, 15) is 9.59 Å². The average Bonchev–Trinajstić information content (AvgIpc) is 2.57. The molecule has 128 valence electrons. The SMILES string of the molecule is Cc1cccc(OCC(=O)NC2CCN(C(=O)CC#N)CC2)c1C. The predicted octanol–water partition coefficient (Wildman–Crippen LogP) is 1.70. The highest BCUT2D eigenvalue weighted by Crippen LogP contribution is 2.20. The van der Waals surface area contributed by atoms with Gasteiger partial charge in [-0.25, -0.2) is 0 Å². The zero-order valence-corrected chi connectivity index (χ0v) is 14.2. The molecule has 0 aliphatic carbocycles. The molecule has 1 aromatic rings. The lowest BCUT2D eigenvalue weighted by atomic mass is 10.0. The summed E-state index contributed by atoms with van der Waals surface area (Å²) < 4.78 is 5.60. The van der Waals surface area contributed by atoms with E-state index in [-0.39, 0.29) is 30.9 Å². The highest BCUT2D eigenvalue weighted by atomic mass is 16.5. The quantitative estimate of drug-likeness (QED) is 0.891. The molecule has 1 aliphatic rings. The van der Waals surface area contributed by atoms with Crippen molar-refractivity contribution in [3.8, 4) is 11.8 Å². The van der Waals surface area contributed by atoms with Crippen LogP contribution in [0.2, 0.25) is 0 Å². The first-order valence-electron chi connectivity index (χ1n) is 8.14. The molecule has 1 saturated heterocycles. The van der Waals surface area contributed by atoms with E-state index in [4.69, 9.17) is 10.00 Å². The summed E-state index contributed by atoms with van der Waals surface area (Å²) in [4.78, 5) is 25.4. The first kappa shape index (κ1) is 17.8. The molecule has 0 atom stereocenters. The number of likely N-dealkylation sites (tertiary alicyclic amines) is 1. The van der Waals surface area contributed by atoms with Crippen LogP contribution >= 0.6 is 0 Å². The smallest absolute Gasteiger partial charge is 0.258 e. The molecule has 1 fully saturated rings. The number of carbonyl (C=O) groups excluding carboxylic acids is 2. The molecule has 0 saturated carbocycles. The van der Waals surface area contributed by atoms with Gasteiger partial charge in [-0.15, -0.1) is 0 Å². The van der Waals surface area contributed by atoms with E-state index in [1.807, 2.05) is 38.1 Å². The maximum absolute atomic E-state index is 12.0. The minimum atomic E-state index is -0.155. The molecule has 2 amide bonds. The van der Waals surface area contributed by atoms with Gasteiger partial charge < -0.3 is 15.0 Å². The molecule has 0 radical (unpaired) electrons. The first-order chi connectivity index (χ1) is 11.5. The third-order valence-corrected chi connectivity index (χ3v) is 4.36. The minimum Gasteiger partial charge on any atom is -0.483 e. The van der Waals surface area contributed by atoms with E-state index in [2.05, 4.69) is 5.32 Å². The summed E-state index contributed by atoms with van der Waals surface area (Å²) in [7, 11) is 0. The minimum absolute atomic E-state index is 0.0160. The molecule has 1 N–H and O–H groups in total. The number of aryl methyl sites for hydroxylation is 1. The van der Waals surface area contributed by atoms with Crippen molar-refractivity contribution in [2.24, 2.45) is 0 Å². The van der Waals surface area contributed by atoms with Crippen LogP contribution in [-0.2, 0) is 9.59 Å². The van der Waals surface area contributed by atoms with Gasteiger partial charge in [0.1, 0.15) is 12.2 Å². The topological polar surface area (TPSA) is 82.4 Å². The Hall–Kier alpha value is -2.55. The van der Waals surface area contributed by atoms with Crippen LogP contribution < -0.4 is 10.1 Å². The molecule has 0 bridgehead atoms. The lowest BCUT2D eigenvalue weighted by Crippen LogP contribution is -2.47. The van der Waals surface area contributed by atoms with E-state index in [0.717, 1.165) is 16.9 Å². The summed E-state index contributed by atoms with van der Waals surface area (Å²) in [6, 6.07) is 7.68. The summed E-state index contributed by atoms with van der Waals surface area (Å²) >= 11 is 0. The number of nitrogens with one attached hydrogen (secondary N) is 1. The Labute approximate surface area is 142 Å². The molecular weight excluding hydrogens is 306 g/mol. The van der Waals surface area contributed by atoms with Gasteiger partial charge in [0.05, 0.1) is 6.07 Å². The van der Waals surface area contributed by atoms with Crippen LogP contribution in [0.3, 0.4) is 0 Å². The number of carbonyl (C=O) groups is 2. The van der Waals surface area contributed by atoms with Crippen LogP contribution in [0.15, 0.2) is 18.2 Å². The number of piperidine rings is 1. The van der Waals surface area contributed by atoms with E-state index < -0.39 is 0 Å².